The SMILES string of the molecule is Nc1nonc1-c1nc2ccccc2n1CC(=O)N/N=C/c1ccncc1. The molecule has 1 aromatic carbocycles. The second kappa shape index (κ2) is 7.04. The highest BCUT2D eigenvalue weighted by Crippen LogP contribution is 2.26. The first kappa shape index (κ1) is 16.4. The minimum absolute atomic E-state index is 0.0319. The van der Waals surface area contributed by atoms with Gasteiger partial charge in [0.25, 0.3) is 5.91 Å². The lowest BCUT2D eigenvalue weighted by atomic mass is 10.3. The number of benzene rings is 1. The van der Waals surface area contributed by atoms with Crippen LogP contribution in [0.4, 0.5) is 5.82 Å². The summed E-state index contributed by atoms with van der Waals surface area (Å²) in [7, 11) is 0. The number of fused-ring (bicyclic) bond motifs is 1. The van der Waals surface area contributed by atoms with E-state index in [4.69, 9.17) is 5.73 Å². The Bertz CT molecular complexity index is 1120. The summed E-state index contributed by atoms with van der Waals surface area (Å²) < 4.78 is 6.35. The van der Waals surface area contributed by atoms with Crippen LogP contribution in [0, 0.1) is 0 Å². The van der Waals surface area contributed by atoms with Gasteiger partial charge >= 0.3 is 0 Å². The molecule has 10 heteroatoms. The van der Waals surface area contributed by atoms with E-state index in [2.05, 4.69) is 35.4 Å². The fourth-order valence-corrected chi connectivity index (χ4v) is 2.57. The van der Waals surface area contributed by atoms with Crippen molar-refractivity contribution in [2.24, 2.45) is 5.10 Å². The number of carbonyl (C=O) groups is 1. The average molecular weight is 362 g/mol. The maximum Gasteiger partial charge on any atom is 0.260 e. The number of amides is 1. The molecule has 0 aliphatic heterocycles. The first-order chi connectivity index (χ1) is 13.2. The average Bonchev–Trinajstić information content (AvgIpc) is 3.26. The number of nitrogens with zero attached hydrogens (tertiary/aromatic N) is 6. The van der Waals surface area contributed by atoms with Gasteiger partial charge in [-0.2, -0.15) is 5.10 Å². The number of hydrogen-bond donors (Lipinski definition) is 2. The zero-order chi connectivity index (χ0) is 18.6. The van der Waals surface area contributed by atoms with Gasteiger partial charge in [0.2, 0.25) is 0 Å². The lowest BCUT2D eigenvalue weighted by molar-refractivity contribution is -0.121. The predicted octanol–water partition coefficient (Wildman–Crippen LogP) is 1.21. The number of aromatic nitrogens is 5. The Kier molecular flexibility index (Phi) is 4.27. The van der Waals surface area contributed by atoms with Crippen molar-refractivity contribution >= 4 is 29.0 Å². The summed E-state index contributed by atoms with van der Waals surface area (Å²) in [6.45, 7) is -0.0319. The summed E-state index contributed by atoms with van der Waals surface area (Å²) in [6, 6.07) is 10.9. The number of nitrogen functional groups attached to an aromatic ring is 1. The summed E-state index contributed by atoms with van der Waals surface area (Å²) in [5, 5.41) is 11.3. The number of pyridine rings is 1. The number of hydrazone groups is 1. The molecule has 134 valence electrons. The zero-order valence-electron chi connectivity index (χ0n) is 14.0. The molecule has 0 aliphatic carbocycles. The predicted molar refractivity (Wildman–Crippen MR) is 97.4 cm³/mol. The van der Waals surface area contributed by atoms with E-state index in [9.17, 15) is 4.79 Å². The van der Waals surface area contributed by atoms with E-state index in [1.165, 1.54) is 6.21 Å². The van der Waals surface area contributed by atoms with Crippen LogP contribution in [-0.2, 0) is 11.3 Å². The highest BCUT2D eigenvalue weighted by Gasteiger charge is 2.20. The summed E-state index contributed by atoms with van der Waals surface area (Å²) in [4.78, 5) is 20.8. The second-order valence-corrected chi connectivity index (χ2v) is 5.58. The fraction of sp³-hybridized carbons (Fsp3) is 0.0588. The Balaban J connectivity index is 1.60. The van der Waals surface area contributed by atoms with Gasteiger partial charge in [-0.05, 0) is 40.1 Å². The number of anilines is 1. The molecule has 3 heterocycles. The van der Waals surface area contributed by atoms with Gasteiger partial charge in [-0.1, -0.05) is 12.1 Å². The van der Waals surface area contributed by atoms with E-state index in [1.54, 1.807) is 29.1 Å². The molecule has 0 unspecified atom stereocenters. The highest BCUT2D eigenvalue weighted by atomic mass is 16.6. The Morgan fingerprint density at radius 3 is 2.81 bits per heavy atom. The number of imidazole rings is 1. The number of para-hydroxylation sites is 2. The molecule has 0 fully saturated rings. The molecule has 0 saturated carbocycles. The quantitative estimate of drug-likeness (QED) is 0.402. The molecule has 3 aromatic heterocycles. The van der Waals surface area contributed by atoms with E-state index in [0.717, 1.165) is 11.1 Å². The molecule has 0 atom stereocenters. The van der Waals surface area contributed by atoms with E-state index in [1.807, 2.05) is 24.3 Å². The monoisotopic (exact) mass is 362 g/mol. The van der Waals surface area contributed by atoms with Gasteiger partial charge in [-0.25, -0.2) is 15.0 Å². The molecular formula is C17H14N8O2. The van der Waals surface area contributed by atoms with E-state index in [0.29, 0.717) is 11.3 Å². The number of nitrogens with one attached hydrogen (secondary N) is 1. The van der Waals surface area contributed by atoms with Crippen LogP contribution < -0.4 is 11.2 Å². The van der Waals surface area contributed by atoms with Gasteiger partial charge in [0.05, 0.1) is 17.2 Å². The van der Waals surface area contributed by atoms with Gasteiger partial charge in [-0.15, -0.1) is 0 Å². The van der Waals surface area contributed by atoms with Crippen molar-refractivity contribution in [3.8, 4) is 11.5 Å². The maximum atomic E-state index is 12.4. The number of rotatable bonds is 5. The molecule has 0 spiro atoms. The van der Waals surface area contributed by atoms with Crippen LogP contribution >= 0.6 is 0 Å². The van der Waals surface area contributed by atoms with Crippen LogP contribution in [0.1, 0.15) is 5.56 Å². The van der Waals surface area contributed by atoms with Crippen molar-refractivity contribution in [2.75, 3.05) is 5.73 Å². The molecule has 4 rings (SSSR count). The standard InChI is InChI=1S/C17H14N8O2/c18-16-15(23-27-24-16)17-21-12-3-1-2-4-13(12)25(17)10-14(26)22-20-9-11-5-7-19-8-6-11/h1-9H,10H2,(H2,18,24)(H,22,26)/b20-9+. The lowest BCUT2D eigenvalue weighted by Gasteiger charge is -2.06. The molecular weight excluding hydrogens is 348 g/mol. The van der Waals surface area contributed by atoms with Gasteiger partial charge in [0.15, 0.2) is 17.3 Å². The van der Waals surface area contributed by atoms with Crippen LogP contribution in [0.15, 0.2) is 58.5 Å². The first-order valence-corrected chi connectivity index (χ1v) is 7.98. The van der Waals surface area contributed by atoms with Gasteiger partial charge in [-0.3, -0.25) is 9.78 Å². The van der Waals surface area contributed by atoms with Crippen LogP contribution in [0.3, 0.4) is 0 Å². The molecule has 1 amide bonds. The number of hydrogen-bond acceptors (Lipinski definition) is 8. The minimum atomic E-state index is -0.334. The van der Waals surface area contributed by atoms with Crippen molar-refractivity contribution in [1.82, 2.24) is 30.3 Å². The van der Waals surface area contributed by atoms with Crippen molar-refractivity contribution in [2.45, 2.75) is 6.54 Å². The molecule has 0 saturated heterocycles. The number of carbonyl (C=O) groups excluding carboxylic acids is 1. The number of nitrogens with two attached hydrogens (primary N) is 1. The molecule has 0 radical (unpaired) electrons. The van der Waals surface area contributed by atoms with Crippen molar-refractivity contribution in [3.05, 3.63) is 54.4 Å². The van der Waals surface area contributed by atoms with Crippen LogP contribution in [0.25, 0.3) is 22.6 Å². The van der Waals surface area contributed by atoms with Crippen molar-refractivity contribution < 1.29 is 9.42 Å². The summed E-state index contributed by atoms with van der Waals surface area (Å²) in [5.74, 6) is 0.158. The van der Waals surface area contributed by atoms with Gasteiger partial charge in [0.1, 0.15) is 6.54 Å². The second-order valence-electron chi connectivity index (χ2n) is 5.58. The molecule has 3 N–H and O–H groups in total. The zero-order valence-corrected chi connectivity index (χ0v) is 14.0. The van der Waals surface area contributed by atoms with Gasteiger partial charge < -0.3 is 10.3 Å². The largest absolute Gasteiger partial charge is 0.379 e. The Labute approximate surface area is 152 Å². The third-order valence-electron chi connectivity index (χ3n) is 3.79. The Morgan fingerprint density at radius 2 is 2.04 bits per heavy atom. The summed E-state index contributed by atoms with van der Waals surface area (Å²) in [6.07, 6.45) is 4.82. The summed E-state index contributed by atoms with van der Waals surface area (Å²) >= 11 is 0. The first-order valence-electron chi connectivity index (χ1n) is 7.98. The van der Waals surface area contributed by atoms with Crippen LogP contribution in [0.5, 0.6) is 0 Å². The van der Waals surface area contributed by atoms with E-state index in [-0.39, 0.29) is 24.0 Å². The lowest BCUT2D eigenvalue weighted by Crippen LogP contribution is -2.23. The normalized spacial score (nSPS) is 11.3. The molecule has 27 heavy (non-hydrogen) atoms. The molecule has 0 bridgehead atoms. The maximum absolute atomic E-state index is 12.4. The highest BCUT2D eigenvalue weighted by molar-refractivity contribution is 5.86. The molecule has 0 aliphatic rings. The fourth-order valence-electron chi connectivity index (χ4n) is 2.57. The van der Waals surface area contributed by atoms with Gasteiger partial charge in [0, 0.05) is 12.4 Å². The summed E-state index contributed by atoms with van der Waals surface area (Å²) in [5.41, 5.74) is 10.8. The topological polar surface area (TPSA) is 137 Å². The molecule has 4 aromatic rings. The minimum Gasteiger partial charge on any atom is -0.379 e. The van der Waals surface area contributed by atoms with Crippen LogP contribution in [-0.4, -0.2) is 37.0 Å². The Hall–Kier alpha value is -4.08. The van der Waals surface area contributed by atoms with Crippen LogP contribution in [0.2, 0.25) is 0 Å². The van der Waals surface area contributed by atoms with E-state index < -0.39 is 0 Å². The third kappa shape index (κ3) is 3.35. The molecule has 10 nitrogen and oxygen atoms in total. The van der Waals surface area contributed by atoms with Crippen molar-refractivity contribution in [1.29, 1.82) is 0 Å². The smallest absolute Gasteiger partial charge is 0.260 e. The van der Waals surface area contributed by atoms with E-state index >= 15 is 0 Å². The Morgan fingerprint density at radius 1 is 1.22 bits per heavy atom. The van der Waals surface area contributed by atoms with Crippen molar-refractivity contribution in [3.63, 3.8) is 0 Å². The third-order valence-corrected chi connectivity index (χ3v) is 3.79.